The molecular weight excluding hydrogens is 338 g/mol. The minimum Gasteiger partial charge on any atom is -0.444 e. The Hall–Kier alpha value is -2.15. The molecule has 0 saturated heterocycles. The van der Waals surface area contributed by atoms with Crippen molar-refractivity contribution in [2.45, 2.75) is 6.42 Å². The fraction of sp³-hybridized carbons (Fsp3) is 0.214. The van der Waals surface area contributed by atoms with Crippen LogP contribution < -0.4 is 10.6 Å². The smallest absolute Gasteiger partial charge is 0.287 e. The fourth-order valence-corrected chi connectivity index (χ4v) is 1.93. The average molecular weight is 352 g/mol. The van der Waals surface area contributed by atoms with E-state index < -0.39 is 5.91 Å². The first kappa shape index (κ1) is 15.2. The van der Waals surface area contributed by atoms with Crippen molar-refractivity contribution in [3.05, 3.63) is 52.7 Å². The molecule has 0 bridgehead atoms. The number of aromatic nitrogens is 1. The van der Waals surface area contributed by atoms with Crippen LogP contribution in [0.15, 0.2) is 45.6 Å². The number of carbonyl (C=O) groups excluding carboxylic acids is 2. The van der Waals surface area contributed by atoms with E-state index in [4.69, 9.17) is 4.42 Å². The lowest BCUT2D eigenvalue weighted by Crippen LogP contribution is -2.37. The van der Waals surface area contributed by atoms with Gasteiger partial charge in [0.15, 0.2) is 10.4 Å². The topological polar surface area (TPSA) is 84.2 Å². The predicted octanol–water partition coefficient (Wildman–Crippen LogP) is 1.53. The summed E-state index contributed by atoms with van der Waals surface area (Å²) in [5, 5.41) is 5.19. The molecule has 0 fully saturated rings. The summed E-state index contributed by atoms with van der Waals surface area (Å²) >= 11 is 3.10. The molecule has 2 aromatic rings. The van der Waals surface area contributed by atoms with Gasteiger partial charge in [-0.25, -0.2) is 0 Å². The molecule has 2 amide bonds. The molecular formula is C14H14BrN3O3. The Morgan fingerprint density at radius 3 is 2.71 bits per heavy atom. The van der Waals surface area contributed by atoms with Crippen molar-refractivity contribution in [1.29, 1.82) is 0 Å². The van der Waals surface area contributed by atoms with Gasteiger partial charge < -0.3 is 15.1 Å². The van der Waals surface area contributed by atoms with E-state index in [9.17, 15) is 9.59 Å². The highest BCUT2D eigenvalue weighted by molar-refractivity contribution is 9.10. The number of halogens is 1. The Balaban J connectivity index is 1.67. The predicted molar refractivity (Wildman–Crippen MR) is 79.7 cm³/mol. The molecule has 0 aliphatic carbocycles. The van der Waals surface area contributed by atoms with Crippen molar-refractivity contribution in [1.82, 2.24) is 15.6 Å². The highest BCUT2D eigenvalue weighted by Gasteiger charge is 2.11. The molecule has 6 nitrogen and oxygen atoms in total. The molecule has 0 aliphatic heterocycles. The molecule has 2 rings (SSSR count). The van der Waals surface area contributed by atoms with Gasteiger partial charge in [0.25, 0.3) is 5.91 Å². The summed E-state index contributed by atoms with van der Waals surface area (Å²) in [6.07, 6.45) is 2.35. The third-order valence-corrected chi connectivity index (χ3v) is 3.06. The second-order valence-electron chi connectivity index (χ2n) is 4.21. The molecule has 0 atom stereocenters. The van der Waals surface area contributed by atoms with Gasteiger partial charge in [-0.15, -0.1) is 0 Å². The SMILES string of the molecule is O=C(CNC(=O)c1ccc(Br)o1)NCCc1ccccn1. The van der Waals surface area contributed by atoms with E-state index in [2.05, 4.69) is 31.5 Å². The fourth-order valence-electron chi connectivity index (χ4n) is 1.62. The minimum absolute atomic E-state index is 0.0978. The molecule has 7 heteroatoms. The molecule has 2 aromatic heterocycles. The quantitative estimate of drug-likeness (QED) is 0.826. The van der Waals surface area contributed by atoms with Gasteiger partial charge in [-0.05, 0) is 40.2 Å². The van der Waals surface area contributed by atoms with Crippen LogP contribution in [0.3, 0.4) is 0 Å². The molecule has 0 aliphatic rings. The van der Waals surface area contributed by atoms with E-state index in [1.807, 2.05) is 18.2 Å². The largest absolute Gasteiger partial charge is 0.444 e. The molecule has 2 heterocycles. The van der Waals surface area contributed by atoms with Crippen LogP contribution in [0.5, 0.6) is 0 Å². The third kappa shape index (κ3) is 5.03. The highest BCUT2D eigenvalue weighted by atomic mass is 79.9. The maximum atomic E-state index is 11.6. The van der Waals surface area contributed by atoms with Gasteiger partial charge in [-0.1, -0.05) is 6.07 Å². The summed E-state index contributed by atoms with van der Waals surface area (Å²) in [5.74, 6) is -0.534. The normalized spacial score (nSPS) is 10.1. The molecule has 0 unspecified atom stereocenters. The molecule has 0 spiro atoms. The molecule has 0 saturated carbocycles. The summed E-state index contributed by atoms with van der Waals surface area (Å²) in [6.45, 7) is 0.372. The van der Waals surface area contributed by atoms with Crippen molar-refractivity contribution in [3.8, 4) is 0 Å². The van der Waals surface area contributed by atoms with Crippen LogP contribution in [0.25, 0.3) is 0 Å². The second kappa shape index (κ2) is 7.58. The van der Waals surface area contributed by atoms with Crippen LogP contribution in [0.1, 0.15) is 16.2 Å². The molecule has 110 valence electrons. The zero-order chi connectivity index (χ0) is 15.1. The number of nitrogens with one attached hydrogen (secondary N) is 2. The molecule has 0 aromatic carbocycles. The lowest BCUT2D eigenvalue weighted by molar-refractivity contribution is -0.120. The van der Waals surface area contributed by atoms with Crippen molar-refractivity contribution in [3.63, 3.8) is 0 Å². The van der Waals surface area contributed by atoms with E-state index in [1.54, 1.807) is 12.3 Å². The van der Waals surface area contributed by atoms with Gasteiger partial charge in [0.1, 0.15) is 0 Å². The van der Waals surface area contributed by atoms with E-state index >= 15 is 0 Å². The lowest BCUT2D eigenvalue weighted by atomic mass is 10.3. The number of carbonyl (C=O) groups is 2. The van der Waals surface area contributed by atoms with Crippen LogP contribution in [-0.2, 0) is 11.2 Å². The molecule has 0 radical (unpaired) electrons. The van der Waals surface area contributed by atoms with E-state index in [-0.39, 0.29) is 18.2 Å². The van der Waals surface area contributed by atoms with Gasteiger partial charge in [0.2, 0.25) is 5.91 Å². The zero-order valence-electron chi connectivity index (χ0n) is 11.1. The first-order valence-corrected chi connectivity index (χ1v) is 7.14. The Morgan fingerprint density at radius 1 is 1.19 bits per heavy atom. The van der Waals surface area contributed by atoms with Crippen LogP contribution in [-0.4, -0.2) is 29.9 Å². The maximum Gasteiger partial charge on any atom is 0.287 e. The number of hydrogen-bond donors (Lipinski definition) is 2. The summed E-state index contributed by atoms with van der Waals surface area (Å²) in [7, 11) is 0. The van der Waals surface area contributed by atoms with Crippen molar-refractivity contribution in [2.75, 3.05) is 13.1 Å². The lowest BCUT2D eigenvalue weighted by Gasteiger charge is -2.05. The monoisotopic (exact) mass is 351 g/mol. The van der Waals surface area contributed by atoms with Gasteiger partial charge in [-0.3, -0.25) is 14.6 Å². The minimum atomic E-state index is -0.430. The number of nitrogens with zero attached hydrogens (tertiary/aromatic N) is 1. The Labute approximate surface area is 130 Å². The van der Waals surface area contributed by atoms with Crippen molar-refractivity contribution in [2.24, 2.45) is 0 Å². The Morgan fingerprint density at radius 2 is 2.05 bits per heavy atom. The number of furan rings is 1. The summed E-state index contributed by atoms with van der Waals surface area (Å²) in [6, 6.07) is 8.76. The van der Waals surface area contributed by atoms with E-state index in [1.165, 1.54) is 6.07 Å². The van der Waals surface area contributed by atoms with Crippen LogP contribution >= 0.6 is 15.9 Å². The highest BCUT2D eigenvalue weighted by Crippen LogP contribution is 2.13. The first-order valence-electron chi connectivity index (χ1n) is 6.35. The van der Waals surface area contributed by atoms with Crippen molar-refractivity contribution < 1.29 is 14.0 Å². The first-order chi connectivity index (χ1) is 10.1. The number of amides is 2. The zero-order valence-corrected chi connectivity index (χ0v) is 12.7. The summed E-state index contributed by atoms with van der Waals surface area (Å²) < 4.78 is 5.55. The summed E-state index contributed by atoms with van der Waals surface area (Å²) in [4.78, 5) is 27.4. The van der Waals surface area contributed by atoms with Crippen molar-refractivity contribution >= 4 is 27.7 Å². The van der Waals surface area contributed by atoms with Gasteiger partial charge in [0.05, 0.1) is 6.54 Å². The second-order valence-corrected chi connectivity index (χ2v) is 4.99. The standard InChI is InChI=1S/C14H14BrN3O3/c15-12-5-4-11(21-12)14(20)18-9-13(19)17-8-6-10-3-1-2-7-16-10/h1-5,7H,6,8-9H2,(H,17,19)(H,18,20). The van der Waals surface area contributed by atoms with Crippen LogP contribution in [0, 0.1) is 0 Å². The van der Waals surface area contributed by atoms with Crippen LogP contribution in [0.2, 0.25) is 0 Å². The van der Waals surface area contributed by atoms with Gasteiger partial charge in [-0.2, -0.15) is 0 Å². The van der Waals surface area contributed by atoms with E-state index in [0.29, 0.717) is 17.6 Å². The van der Waals surface area contributed by atoms with E-state index in [0.717, 1.165) is 5.69 Å². The molecule has 21 heavy (non-hydrogen) atoms. The van der Waals surface area contributed by atoms with Crippen LogP contribution in [0.4, 0.5) is 0 Å². The van der Waals surface area contributed by atoms with Gasteiger partial charge in [0, 0.05) is 24.9 Å². The number of hydrogen-bond acceptors (Lipinski definition) is 4. The maximum absolute atomic E-state index is 11.6. The molecule has 2 N–H and O–H groups in total. The Bertz CT molecular complexity index is 613. The Kier molecular flexibility index (Phi) is 5.51. The summed E-state index contributed by atoms with van der Waals surface area (Å²) in [5.41, 5.74) is 0.905. The number of rotatable bonds is 6. The number of pyridine rings is 1. The van der Waals surface area contributed by atoms with Gasteiger partial charge >= 0.3 is 0 Å². The average Bonchev–Trinajstić information content (AvgIpc) is 2.92. The third-order valence-electron chi connectivity index (χ3n) is 2.64.